The number of hydrogen-bond donors (Lipinski definition) is 1. The molecule has 0 spiro atoms. The van der Waals surface area contributed by atoms with Gasteiger partial charge in [-0.1, -0.05) is 0 Å². The predicted molar refractivity (Wildman–Crippen MR) is 106 cm³/mol. The second-order valence-corrected chi connectivity index (χ2v) is 9.21. The zero-order chi connectivity index (χ0) is 22.3. The number of rotatable bonds is 4. The zero-order valence-electron chi connectivity index (χ0n) is 16.6. The SMILES string of the molecule is CCN1C(=O)C(C)(C)COc2cc(NS(=O)(=O)c3ccc(C(F)(F)F)cc3)ccc21. The molecule has 1 N–H and O–H groups in total. The van der Waals surface area contributed by atoms with Crippen LogP contribution in [0.25, 0.3) is 0 Å². The highest BCUT2D eigenvalue weighted by atomic mass is 32.2. The number of halogens is 3. The highest BCUT2D eigenvalue weighted by Gasteiger charge is 2.37. The van der Waals surface area contributed by atoms with E-state index in [1.807, 2.05) is 6.92 Å². The molecule has 10 heteroatoms. The van der Waals surface area contributed by atoms with Gasteiger partial charge in [0.05, 0.1) is 27.2 Å². The number of nitrogens with one attached hydrogen (secondary N) is 1. The van der Waals surface area contributed by atoms with E-state index in [4.69, 9.17) is 4.74 Å². The fourth-order valence-corrected chi connectivity index (χ4v) is 4.11. The summed E-state index contributed by atoms with van der Waals surface area (Å²) in [6.07, 6.45) is -4.56. The molecule has 30 heavy (non-hydrogen) atoms. The minimum Gasteiger partial charge on any atom is -0.490 e. The van der Waals surface area contributed by atoms with Crippen LogP contribution < -0.4 is 14.4 Å². The Hall–Kier alpha value is -2.75. The molecule has 162 valence electrons. The summed E-state index contributed by atoms with van der Waals surface area (Å²) in [7, 11) is -4.12. The van der Waals surface area contributed by atoms with Gasteiger partial charge in [-0.2, -0.15) is 13.2 Å². The van der Waals surface area contributed by atoms with Gasteiger partial charge in [0.15, 0.2) is 0 Å². The fraction of sp³-hybridized carbons (Fsp3) is 0.350. The highest BCUT2D eigenvalue weighted by Crippen LogP contribution is 2.38. The molecule has 0 fully saturated rings. The van der Waals surface area contributed by atoms with E-state index in [-0.39, 0.29) is 23.1 Å². The molecule has 6 nitrogen and oxygen atoms in total. The van der Waals surface area contributed by atoms with E-state index >= 15 is 0 Å². The van der Waals surface area contributed by atoms with Gasteiger partial charge in [-0.15, -0.1) is 0 Å². The van der Waals surface area contributed by atoms with Gasteiger partial charge in [-0.3, -0.25) is 9.52 Å². The molecule has 0 radical (unpaired) electrons. The number of sulfonamides is 1. The van der Waals surface area contributed by atoms with E-state index in [9.17, 15) is 26.4 Å². The highest BCUT2D eigenvalue weighted by molar-refractivity contribution is 7.92. The number of alkyl halides is 3. The third-order valence-corrected chi connectivity index (χ3v) is 6.12. The van der Waals surface area contributed by atoms with Crippen LogP contribution in [0.4, 0.5) is 24.5 Å². The maximum Gasteiger partial charge on any atom is 0.416 e. The van der Waals surface area contributed by atoms with Crippen molar-refractivity contribution in [3.63, 3.8) is 0 Å². The van der Waals surface area contributed by atoms with Crippen LogP contribution in [0.15, 0.2) is 47.4 Å². The molecule has 3 rings (SSSR count). The van der Waals surface area contributed by atoms with E-state index in [1.54, 1.807) is 24.8 Å². The second-order valence-electron chi connectivity index (χ2n) is 7.53. The summed E-state index contributed by atoms with van der Waals surface area (Å²) >= 11 is 0. The van der Waals surface area contributed by atoms with Crippen LogP contribution in [0, 0.1) is 5.41 Å². The predicted octanol–water partition coefficient (Wildman–Crippen LogP) is 4.28. The monoisotopic (exact) mass is 442 g/mol. The lowest BCUT2D eigenvalue weighted by atomic mass is 9.93. The van der Waals surface area contributed by atoms with Crippen molar-refractivity contribution in [2.45, 2.75) is 31.8 Å². The first-order chi connectivity index (χ1) is 13.8. The minimum absolute atomic E-state index is 0.109. The fourth-order valence-electron chi connectivity index (χ4n) is 3.06. The Labute approximate surface area is 172 Å². The molecular weight excluding hydrogens is 421 g/mol. The van der Waals surface area contributed by atoms with Crippen LogP contribution >= 0.6 is 0 Å². The Kier molecular flexibility index (Phi) is 5.48. The van der Waals surface area contributed by atoms with Crippen molar-refractivity contribution in [1.82, 2.24) is 0 Å². The number of fused-ring (bicyclic) bond motifs is 1. The molecule has 0 atom stereocenters. The second kappa shape index (κ2) is 7.50. The average Bonchev–Trinajstić information content (AvgIpc) is 2.76. The topological polar surface area (TPSA) is 75.7 Å². The summed E-state index contributed by atoms with van der Waals surface area (Å²) in [6, 6.07) is 7.70. The van der Waals surface area contributed by atoms with Crippen molar-refractivity contribution in [2.24, 2.45) is 5.41 Å². The van der Waals surface area contributed by atoms with E-state index in [0.717, 1.165) is 12.1 Å². The van der Waals surface area contributed by atoms with Crippen LogP contribution in [-0.4, -0.2) is 27.5 Å². The van der Waals surface area contributed by atoms with Crippen molar-refractivity contribution in [1.29, 1.82) is 0 Å². The molecule has 1 heterocycles. The molecule has 0 aromatic heterocycles. The zero-order valence-corrected chi connectivity index (χ0v) is 17.4. The molecule has 1 amide bonds. The minimum atomic E-state index is -4.56. The Morgan fingerprint density at radius 3 is 2.33 bits per heavy atom. The smallest absolute Gasteiger partial charge is 0.416 e. The molecule has 2 aromatic carbocycles. The van der Waals surface area contributed by atoms with Crippen LogP contribution in [0.2, 0.25) is 0 Å². The van der Waals surface area contributed by atoms with Gasteiger partial charge >= 0.3 is 6.18 Å². The first-order valence-electron chi connectivity index (χ1n) is 9.14. The third-order valence-electron chi connectivity index (χ3n) is 4.72. The summed E-state index contributed by atoms with van der Waals surface area (Å²) in [4.78, 5) is 14.0. The quantitative estimate of drug-likeness (QED) is 0.767. The Morgan fingerprint density at radius 2 is 1.77 bits per heavy atom. The molecule has 1 aliphatic heterocycles. The van der Waals surface area contributed by atoms with Gasteiger partial charge in [-0.05, 0) is 57.2 Å². The van der Waals surface area contributed by atoms with E-state index < -0.39 is 27.2 Å². The summed E-state index contributed by atoms with van der Waals surface area (Å²) in [5.41, 5.74) is -1.01. The van der Waals surface area contributed by atoms with Gasteiger partial charge < -0.3 is 9.64 Å². The largest absolute Gasteiger partial charge is 0.490 e. The van der Waals surface area contributed by atoms with Gasteiger partial charge in [0.1, 0.15) is 12.4 Å². The lowest BCUT2D eigenvalue weighted by Gasteiger charge is -2.26. The normalized spacial score (nSPS) is 16.5. The number of anilines is 2. The number of benzene rings is 2. The van der Waals surface area contributed by atoms with Crippen LogP contribution in [0.1, 0.15) is 26.3 Å². The first kappa shape index (κ1) is 21.9. The lowest BCUT2D eigenvalue weighted by Crippen LogP contribution is -2.42. The van der Waals surface area contributed by atoms with Gasteiger partial charge in [-0.25, -0.2) is 8.42 Å². The van der Waals surface area contributed by atoms with Crippen LogP contribution in [-0.2, 0) is 21.0 Å². The van der Waals surface area contributed by atoms with E-state index in [1.165, 1.54) is 12.1 Å². The summed E-state index contributed by atoms with van der Waals surface area (Å²) in [5.74, 6) is 0.227. The molecule has 0 saturated heterocycles. The number of hydrogen-bond acceptors (Lipinski definition) is 4. The van der Waals surface area contributed by atoms with Crippen molar-refractivity contribution >= 4 is 27.3 Å². The summed E-state index contributed by atoms with van der Waals surface area (Å²) in [6.45, 7) is 5.88. The third kappa shape index (κ3) is 4.23. The number of nitrogens with zero attached hydrogens (tertiary/aromatic N) is 1. The Bertz CT molecular complexity index is 1060. The Morgan fingerprint density at radius 1 is 1.13 bits per heavy atom. The number of carbonyl (C=O) groups excluding carboxylic acids is 1. The van der Waals surface area contributed by atoms with Gasteiger partial charge in [0.2, 0.25) is 5.91 Å². The molecule has 0 aliphatic carbocycles. The summed E-state index contributed by atoms with van der Waals surface area (Å²) in [5, 5.41) is 0. The van der Waals surface area contributed by atoms with E-state index in [2.05, 4.69) is 4.72 Å². The van der Waals surface area contributed by atoms with Crippen LogP contribution in [0.5, 0.6) is 5.75 Å². The standard InChI is InChI=1S/C20H21F3N2O4S/c1-4-25-16-10-7-14(11-17(16)29-12-19(2,3)18(25)26)24-30(27,28)15-8-5-13(6-9-15)20(21,22)23/h5-11,24H,4,12H2,1-3H3. The average molecular weight is 442 g/mol. The molecule has 0 saturated carbocycles. The van der Waals surface area contributed by atoms with Crippen molar-refractivity contribution in [3.8, 4) is 5.75 Å². The Balaban J connectivity index is 1.90. The molecule has 0 bridgehead atoms. The van der Waals surface area contributed by atoms with Gasteiger partial charge in [0.25, 0.3) is 10.0 Å². The maximum absolute atomic E-state index is 12.7. The first-order valence-corrected chi connectivity index (χ1v) is 10.6. The van der Waals surface area contributed by atoms with Crippen molar-refractivity contribution < 1.29 is 31.1 Å². The number of carbonyl (C=O) groups is 1. The van der Waals surface area contributed by atoms with Gasteiger partial charge in [0, 0.05) is 12.6 Å². The molecular formula is C20H21F3N2O4S. The number of ether oxygens (including phenoxy) is 1. The number of amides is 1. The molecule has 0 unspecified atom stereocenters. The van der Waals surface area contributed by atoms with Crippen molar-refractivity contribution in [2.75, 3.05) is 22.8 Å². The lowest BCUT2D eigenvalue weighted by molar-refractivity contribution is -0.137. The van der Waals surface area contributed by atoms with Crippen LogP contribution in [0.3, 0.4) is 0 Å². The molecule has 1 aliphatic rings. The summed E-state index contributed by atoms with van der Waals surface area (Å²) < 4.78 is 71.3. The van der Waals surface area contributed by atoms with E-state index in [0.29, 0.717) is 30.1 Å². The van der Waals surface area contributed by atoms with Crippen molar-refractivity contribution in [3.05, 3.63) is 48.0 Å². The molecule has 2 aromatic rings. The maximum atomic E-state index is 12.7.